The van der Waals surface area contributed by atoms with E-state index in [1.807, 2.05) is 31.2 Å². The molecule has 22 heavy (non-hydrogen) atoms. The zero-order valence-corrected chi connectivity index (χ0v) is 12.9. The van der Waals surface area contributed by atoms with Gasteiger partial charge in [0.15, 0.2) is 0 Å². The molecule has 1 fully saturated rings. The molecule has 2 heterocycles. The molecule has 1 saturated heterocycles. The first-order valence-electron chi connectivity index (χ1n) is 7.11. The Morgan fingerprint density at radius 2 is 2.05 bits per heavy atom. The highest BCUT2D eigenvalue weighted by Crippen LogP contribution is 2.24. The van der Waals surface area contributed by atoms with Crippen LogP contribution >= 0.6 is 11.6 Å². The smallest absolute Gasteiger partial charge is 0.242 e. The maximum atomic E-state index is 12.4. The van der Waals surface area contributed by atoms with Gasteiger partial charge in [-0.1, -0.05) is 11.6 Å². The van der Waals surface area contributed by atoms with Crippen LogP contribution in [0.3, 0.4) is 0 Å². The number of benzene rings is 1. The van der Waals surface area contributed by atoms with Gasteiger partial charge in [-0.25, -0.2) is 10.9 Å². The second kappa shape index (κ2) is 6.44. The molecule has 1 aromatic carbocycles. The lowest BCUT2D eigenvalue weighted by Crippen LogP contribution is -2.39. The maximum Gasteiger partial charge on any atom is 0.242 e. The summed E-state index contributed by atoms with van der Waals surface area (Å²) in [5.41, 5.74) is 9.04. The molecular weight excluding hydrogens is 300 g/mol. The molecule has 0 aliphatic carbocycles. The quantitative estimate of drug-likeness (QED) is 0.814. The minimum Gasteiger partial charge on any atom is -0.324 e. The summed E-state index contributed by atoms with van der Waals surface area (Å²) in [6.07, 6.45) is 4.19. The van der Waals surface area contributed by atoms with Gasteiger partial charge in [0, 0.05) is 29.1 Å². The number of pyridine rings is 1. The first-order chi connectivity index (χ1) is 10.6. The largest absolute Gasteiger partial charge is 0.324 e. The Morgan fingerprint density at radius 1 is 1.27 bits per heavy atom. The zero-order valence-electron chi connectivity index (χ0n) is 12.1. The third-order valence-corrected chi connectivity index (χ3v) is 4.01. The van der Waals surface area contributed by atoms with Crippen molar-refractivity contribution in [2.45, 2.75) is 25.4 Å². The van der Waals surface area contributed by atoms with Crippen LogP contribution in [0.15, 0.2) is 42.7 Å². The van der Waals surface area contributed by atoms with Crippen molar-refractivity contribution in [1.82, 2.24) is 15.8 Å². The zero-order chi connectivity index (χ0) is 15.5. The highest BCUT2D eigenvalue weighted by molar-refractivity contribution is 6.30. The summed E-state index contributed by atoms with van der Waals surface area (Å²) in [7, 11) is 0. The second-order valence-electron chi connectivity index (χ2n) is 5.36. The van der Waals surface area contributed by atoms with Gasteiger partial charge in [-0.3, -0.25) is 9.78 Å². The lowest BCUT2D eigenvalue weighted by Gasteiger charge is -2.12. The molecule has 0 spiro atoms. The van der Waals surface area contributed by atoms with Crippen LogP contribution in [0.25, 0.3) is 0 Å². The van der Waals surface area contributed by atoms with Crippen LogP contribution in [-0.4, -0.2) is 16.9 Å². The van der Waals surface area contributed by atoms with E-state index >= 15 is 0 Å². The lowest BCUT2D eigenvalue weighted by atomic mass is 10.0. The van der Waals surface area contributed by atoms with E-state index < -0.39 is 0 Å². The summed E-state index contributed by atoms with van der Waals surface area (Å²) in [4.78, 5) is 16.4. The second-order valence-corrected chi connectivity index (χ2v) is 5.80. The normalized spacial score (nSPS) is 20.8. The summed E-state index contributed by atoms with van der Waals surface area (Å²) in [6.45, 7) is 1.92. The molecule has 3 N–H and O–H groups in total. The lowest BCUT2D eigenvalue weighted by molar-refractivity contribution is -0.117. The predicted octanol–water partition coefficient (Wildman–Crippen LogP) is 2.59. The molecule has 3 rings (SSSR count). The highest BCUT2D eigenvalue weighted by Gasteiger charge is 2.30. The van der Waals surface area contributed by atoms with E-state index in [4.69, 9.17) is 11.6 Å². The van der Waals surface area contributed by atoms with Crippen LogP contribution in [0.5, 0.6) is 0 Å². The number of aromatic nitrogens is 1. The van der Waals surface area contributed by atoms with E-state index in [0.717, 1.165) is 16.8 Å². The Balaban J connectivity index is 1.64. The highest BCUT2D eigenvalue weighted by atomic mass is 35.5. The number of carbonyl (C=O) groups is 1. The molecule has 114 valence electrons. The topological polar surface area (TPSA) is 66.0 Å². The van der Waals surface area contributed by atoms with E-state index in [1.54, 1.807) is 18.5 Å². The molecule has 6 heteroatoms. The van der Waals surface area contributed by atoms with Crippen LogP contribution in [-0.2, 0) is 4.79 Å². The van der Waals surface area contributed by atoms with Crippen molar-refractivity contribution in [3.63, 3.8) is 0 Å². The van der Waals surface area contributed by atoms with Crippen molar-refractivity contribution >= 4 is 23.2 Å². The Labute approximate surface area is 134 Å². The molecule has 0 radical (unpaired) electrons. The average Bonchev–Trinajstić information content (AvgIpc) is 3.01. The number of hydrogen-bond acceptors (Lipinski definition) is 4. The van der Waals surface area contributed by atoms with Gasteiger partial charge in [-0.2, -0.15) is 0 Å². The molecule has 2 aromatic rings. The van der Waals surface area contributed by atoms with Gasteiger partial charge in [-0.05, 0) is 54.8 Å². The summed E-state index contributed by atoms with van der Waals surface area (Å²) < 4.78 is 0. The Bertz CT molecular complexity index is 677. The molecule has 1 aliphatic rings. The van der Waals surface area contributed by atoms with Crippen LogP contribution in [0.2, 0.25) is 5.02 Å². The van der Waals surface area contributed by atoms with Crippen molar-refractivity contribution in [1.29, 1.82) is 0 Å². The van der Waals surface area contributed by atoms with E-state index in [9.17, 15) is 4.79 Å². The first-order valence-corrected chi connectivity index (χ1v) is 7.49. The molecule has 2 unspecified atom stereocenters. The Hall–Kier alpha value is -1.95. The number of halogens is 1. The number of carbonyl (C=O) groups excluding carboxylic acids is 1. The fourth-order valence-corrected chi connectivity index (χ4v) is 2.76. The van der Waals surface area contributed by atoms with Crippen LogP contribution in [0.4, 0.5) is 5.69 Å². The monoisotopic (exact) mass is 316 g/mol. The number of amides is 1. The van der Waals surface area contributed by atoms with Crippen molar-refractivity contribution in [2.24, 2.45) is 0 Å². The van der Waals surface area contributed by atoms with Crippen LogP contribution < -0.4 is 16.2 Å². The van der Waals surface area contributed by atoms with Crippen molar-refractivity contribution in [3.05, 3.63) is 58.9 Å². The molecular formula is C16H17ClN4O. The minimum absolute atomic E-state index is 0.0607. The molecule has 1 aliphatic heterocycles. The summed E-state index contributed by atoms with van der Waals surface area (Å²) in [5, 5.41) is 3.60. The molecule has 2 atom stereocenters. The number of nitrogens with zero attached hydrogens (tertiary/aromatic N) is 1. The van der Waals surface area contributed by atoms with Crippen LogP contribution in [0, 0.1) is 6.92 Å². The number of anilines is 1. The molecule has 0 bridgehead atoms. The number of rotatable bonds is 3. The van der Waals surface area contributed by atoms with Gasteiger partial charge < -0.3 is 5.32 Å². The first kappa shape index (κ1) is 15.0. The third-order valence-electron chi connectivity index (χ3n) is 3.77. The standard InChI is InChI=1S/C16H17ClN4O/c1-10-8-12(17)2-3-13(10)19-16(22)15-9-14(20-21-15)11-4-6-18-7-5-11/h2-8,14-15,20-21H,9H2,1H3,(H,19,22). The Morgan fingerprint density at radius 3 is 2.77 bits per heavy atom. The van der Waals surface area contributed by atoms with Gasteiger partial charge in [0.25, 0.3) is 0 Å². The average molecular weight is 317 g/mol. The van der Waals surface area contributed by atoms with Gasteiger partial charge in [-0.15, -0.1) is 0 Å². The van der Waals surface area contributed by atoms with Gasteiger partial charge in [0.05, 0.1) is 0 Å². The molecule has 1 aromatic heterocycles. The van der Waals surface area contributed by atoms with Crippen LogP contribution in [0.1, 0.15) is 23.6 Å². The molecule has 1 amide bonds. The number of hydrazine groups is 1. The van der Waals surface area contributed by atoms with Crippen molar-refractivity contribution < 1.29 is 4.79 Å². The number of aryl methyl sites for hydroxylation is 1. The fraction of sp³-hybridized carbons (Fsp3) is 0.250. The number of hydrogen-bond donors (Lipinski definition) is 3. The summed E-state index contributed by atoms with van der Waals surface area (Å²) >= 11 is 5.93. The predicted molar refractivity (Wildman–Crippen MR) is 86.5 cm³/mol. The van der Waals surface area contributed by atoms with Gasteiger partial charge in [0.1, 0.15) is 6.04 Å². The van der Waals surface area contributed by atoms with Gasteiger partial charge >= 0.3 is 0 Å². The number of nitrogens with one attached hydrogen (secondary N) is 3. The van der Waals surface area contributed by atoms with Gasteiger partial charge in [0.2, 0.25) is 5.91 Å². The van der Waals surface area contributed by atoms with E-state index in [-0.39, 0.29) is 18.0 Å². The molecule has 5 nitrogen and oxygen atoms in total. The SMILES string of the molecule is Cc1cc(Cl)ccc1NC(=O)C1CC(c2ccncc2)NN1. The summed E-state index contributed by atoms with van der Waals surface area (Å²) in [5.74, 6) is -0.0607. The molecule has 0 saturated carbocycles. The van der Waals surface area contributed by atoms with Crippen molar-refractivity contribution in [2.75, 3.05) is 5.32 Å². The Kier molecular flexibility index (Phi) is 4.38. The maximum absolute atomic E-state index is 12.4. The van der Waals surface area contributed by atoms with E-state index in [2.05, 4.69) is 21.2 Å². The van der Waals surface area contributed by atoms with E-state index in [0.29, 0.717) is 11.4 Å². The third kappa shape index (κ3) is 3.27. The van der Waals surface area contributed by atoms with E-state index in [1.165, 1.54) is 0 Å². The van der Waals surface area contributed by atoms with Crippen molar-refractivity contribution in [3.8, 4) is 0 Å². The fourth-order valence-electron chi connectivity index (χ4n) is 2.53. The summed E-state index contributed by atoms with van der Waals surface area (Å²) in [6, 6.07) is 9.13. The minimum atomic E-state index is -0.284.